The quantitative estimate of drug-likeness (QED) is 0.255. The van der Waals surface area contributed by atoms with Gasteiger partial charge < -0.3 is 10.5 Å². The maximum absolute atomic E-state index is 13.3. The van der Waals surface area contributed by atoms with Gasteiger partial charge >= 0.3 is 5.97 Å². The number of hydrogen-bond donors (Lipinski definition) is 1. The van der Waals surface area contributed by atoms with E-state index in [4.69, 9.17) is 22.1 Å². The summed E-state index contributed by atoms with van der Waals surface area (Å²) in [6.45, 7) is 5.12. The second-order valence-corrected chi connectivity index (χ2v) is 13.9. The number of likely N-dealkylation sites (tertiary alicyclic amines) is 1. The summed E-state index contributed by atoms with van der Waals surface area (Å²) in [7, 11) is -3.40. The molecular weight excluding hydrogens is 584 g/mol. The van der Waals surface area contributed by atoms with Gasteiger partial charge in [0.15, 0.2) is 21.2 Å². The van der Waals surface area contributed by atoms with E-state index in [0.29, 0.717) is 53.3 Å². The van der Waals surface area contributed by atoms with Crippen molar-refractivity contribution in [2.45, 2.75) is 43.1 Å². The summed E-state index contributed by atoms with van der Waals surface area (Å²) >= 11 is 6.71. The van der Waals surface area contributed by atoms with Crippen molar-refractivity contribution in [3.63, 3.8) is 0 Å². The number of nitrogens with zero attached hydrogens (tertiary/aromatic N) is 1. The van der Waals surface area contributed by atoms with Crippen molar-refractivity contribution in [2.24, 2.45) is 5.73 Å². The maximum Gasteiger partial charge on any atom is 0.341 e. The van der Waals surface area contributed by atoms with Gasteiger partial charge in [0.05, 0.1) is 22.7 Å². The van der Waals surface area contributed by atoms with Gasteiger partial charge in [-0.2, -0.15) is 0 Å². The Hall–Kier alpha value is -3.72. The minimum Gasteiger partial charge on any atom is -0.448 e. The van der Waals surface area contributed by atoms with Gasteiger partial charge in [0, 0.05) is 23.4 Å². The van der Waals surface area contributed by atoms with Crippen LogP contribution in [0.3, 0.4) is 0 Å². The zero-order chi connectivity index (χ0) is 30.9. The third kappa shape index (κ3) is 6.47. The number of ether oxygens (including phenoxy) is 1. The van der Waals surface area contributed by atoms with E-state index in [1.54, 1.807) is 30.3 Å². The maximum atomic E-state index is 13.3. The van der Waals surface area contributed by atoms with Crippen LogP contribution in [0.5, 0.6) is 0 Å². The summed E-state index contributed by atoms with van der Waals surface area (Å²) in [5, 5.41) is 0.354. The third-order valence-electron chi connectivity index (χ3n) is 8.22. The first kappa shape index (κ1) is 30.7. The van der Waals surface area contributed by atoms with Crippen LogP contribution < -0.4 is 5.73 Å². The number of ketones is 1. The molecule has 1 spiro atoms. The molecule has 224 valence electrons. The summed E-state index contributed by atoms with van der Waals surface area (Å²) in [6.07, 6.45) is 5.97. The molecule has 1 saturated heterocycles. The summed E-state index contributed by atoms with van der Waals surface area (Å²) in [4.78, 5) is 28.4. The van der Waals surface area contributed by atoms with Crippen LogP contribution in [0.2, 0.25) is 5.02 Å². The van der Waals surface area contributed by atoms with Gasteiger partial charge in [0.1, 0.15) is 0 Å². The predicted octanol–water partition coefficient (Wildman–Crippen LogP) is 5.71. The monoisotopic (exact) mass is 618 g/mol. The zero-order valence-electron chi connectivity index (χ0n) is 24.5. The first-order valence-corrected chi connectivity index (χ1v) is 16.5. The molecule has 3 aromatic carbocycles. The first-order valence-electron chi connectivity index (χ1n) is 14.2. The van der Waals surface area contributed by atoms with Crippen LogP contribution in [0.25, 0.3) is 16.7 Å². The van der Waals surface area contributed by atoms with Crippen molar-refractivity contribution in [2.75, 3.05) is 25.9 Å². The summed E-state index contributed by atoms with van der Waals surface area (Å²) in [6, 6.07) is 20.1. The van der Waals surface area contributed by atoms with Crippen LogP contribution in [-0.4, -0.2) is 56.6 Å². The minimum atomic E-state index is -3.40. The molecule has 3 aromatic rings. The van der Waals surface area contributed by atoms with E-state index in [0.717, 1.165) is 17.4 Å². The number of hydrogen-bond acceptors (Lipinski definition) is 7. The molecule has 7 nitrogen and oxygen atoms in total. The van der Waals surface area contributed by atoms with E-state index in [1.165, 1.54) is 6.07 Å². The molecular formula is C34H35ClN2O5S. The summed E-state index contributed by atoms with van der Waals surface area (Å²) < 4.78 is 30.1. The number of nitrogens with two attached hydrogens (primary N) is 1. The Labute approximate surface area is 257 Å². The van der Waals surface area contributed by atoms with Crippen LogP contribution in [0, 0.1) is 6.92 Å². The Balaban J connectivity index is 1.37. The van der Waals surface area contributed by atoms with Crippen LogP contribution in [0.1, 0.15) is 42.4 Å². The molecule has 5 rings (SSSR count). The molecule has 0 aromatic heterocycles. The highest BCUT2D eigenvalue weighted by atomic mass is 35.5. The molecule has 0 amide bonds. The van der Waals surface area contributed by atoms with E-state index in [2.05, 4.69) is 0 Å². The lowest BCUT2D eigenvalue weighted by atomic mass is 9.86. The number of aryl methyl sites for hydroxylation is 1. The van der Waals surface area contributed by atoms with Crippen molar-refractivity contribution >= 4 is 38.8 Å². The van der Waals surface area contributed by atoms with Crippen molar-refractivity contribution in [3.05, 3.63) is 106 Å². The number of halogens is 1. The lowest BCUT2D eigenvalue weighted by Crippen LogP contribution is -2.52. The van der Waals surface area contributed by atoms with Gasteiger partial charge in [-0.3, -0.25) is 9.69 Å². The molecule has 9 heteroatoms. The van der Waals surface area contributed by atoms with E-state index in [1.807, 2.05) is 61.2 Å². The number of rotatable bonds is 8. The number of carbonyl (C=O) groups excluding carboxylic acids is 2. The number of allylic oxidation sites excluding steroid dienone is 1. The van der Waals surface area contributed by atoms with Crippen molar-refractivity contribution in [1.29, 1.82) is 0 Å². The molecule has 2 N–H and O–H groups in total. The Bertz CT molecular complexity index is 1750. The van der Waals surface area contributed by atoms with Crippen LogP contribution in [0.4, 0.5) is 0 Å². The molecule has 2 aliphatic rings. The average molecular weight is 619 g/mol. The highest BCUT2D eigenvalue weighted by Crippen LogP contribution is 2.43. The zero-order valence-corrected chi connectivity index (χ0v) is 26.0. The fraction of sp³-hybridized carbons (Fsp3) is 0.294. The number of esters is 1. The van der Waals surface area contributed by atoms with Crippen LogP contribution in [0.15, 0.2) is 89.5 Å². The van der Waals surface area contributed by atoms with Gasteiger partial charge in [-0.1, -0.05) is 67.1 Å². The normalized spacial score (nSPS) is 20.1. The first-order chi connectivity index (χ1) is 20.4. The van der Waals surface area contributed by atoms with Crippen LogP contribution >= 0.6 is 11.6 Å². The second kappa shape index (κ2) is 12.1. The Morgan fingerprint density at radius 2 is 1.86 bits per heavy atom. The van der Waals surface area contributed by atoms with Gasteiger partial charge in [0.25, 0.3) is 0 Å². The van der Waals surface area contributed by atoms with Crippen molar-refractivity contribution in [3.8, 4) is 11.1 Å². The van der Waals surface area contributed by atoms with Crippen LogP contribution in [-0.2, 0) is 24.2 Å². The molecule has 0 aliphatic carbocycles. The number of sulfone groups is 1. The van der Waals surface area contributed by atoms with Gasteiger partial charge in [-0.15, -0.1) is 0 Å². The highest BCUT2D eigenvalue weighted by Gasteiger charge is 2.49. The summed E-state index contributed by atoms with van der Waals surface area (Å²) in [5.74, 6) is -0.432. The van der Waals surface area contributed by atoms with E-state index in [-0.39, 0.29) is 28.7 Å². The van der Waals surface area contributed by atoms with Crippen molar-refractivity contribution in [1.82, 2.24) is 4.90 Å². The lowest BCUT2D eigenvalue weighted by molar-refractivity contribution is -0.149. The molecule has 2 aliphatic heterocycles. The predicted molar refractivity (Wildman–Crippen MR) is 169 cm³/mol. The molecule has 0 saturated carbocycles. The molecule has 0 bridgehead atoms. The fourth-order valence-electron chi connectivity index (χ4n) is 5.88. The minimum absolute atomic E-state index is 0.0231. The second-order valence-electron chi connectivity index (χ2n) is 11.5. The van der Waals surface area contributed by atoms with Gasteiger partial charge in [0.2, 0.25) is 0 Å². The van der Waals surface area contributed by atoms with E-state index < -0.39 is 21.4 Å². The number of piperidine rings is 1. The van der Waals surface area contributed by atoms with Crippen molar-refractivity contribution < 1.29 is 22.7 Å². The molecule has 2 heterocycles. The highest BCUT2D eigenvalue weighted by molar-refractivity contribution is 7.90. The Morgan fingerprint density at radius 3 is 2.58 bits per heavy atom. The largest absolute Gasteiger partial charge is 0.448 e. The lowest BCUT2D eigenvalue weighted by Gasteiger charge is -2.39. The van der Waals surface area contributed by atoms with Gasteiger partial charge in [-0.25, -0.2) is 13.2 Å². The number of carbonyl (C=O) groups is 2. The molecule has 2 atom stereocenters. The topological polar surface area (TPSA) is 107 Å². The standard InChI is InChI=1S/C34H35ClN2O5S/c1-22(24-9-5-4-6-10-24)13-14-26(38)20-37-16-8-15-34(21-37)32(36)31(33(39)42-34)28-19-30(35)29(17-23(28)2)25-11-7-12-27(18-25)43(3,40)41/h4-7,9-14,17-19,22H,8,15-16,20-21,36H2,1-3H3/b14-13+. The van der Waals surface area contributed by atoms with E-state index in [9.17, 15) is 18.0 Å². The average Bonchev–Trinajstić information content (AvgIpc) is 3.20. The smallest absolute Gasteiger partial charge is 0.341 e. The van der Waals surface area contributed by atoms with Gasteiger partial charge in [-0.05, 0) is 84.8 Å². The third-order valence-corrected chi connectivity index (χ3v) is 9.64. The SMILES string of the molecule is Cc1cc(-c2cccc(S(C)(=O)=O)c2)c(Cl)cc1C1=C(N)C2(CCCN(CC(=O)/C=C/C(C)c3ccccc3)C2)OC1=O. The Morgan fingerprint density at radius 1 is 1.12 bits per heavy atom. The molecule has 1 fully saturated rings. The van der Waals surface area contributed by atoms with E-state index >= 15 is 0 Å². The molecule has 43 heavy (non-hydrogen) atoms. The summed E-state index contributed by atoms with van der Waals surface area (Å²) in [5.41, 5.74) is 10.0. The Kier molecular flexibility index (Phi) is 8.65. The molecule has 0 radical (unpaired) electrons. The molecule has 2 unspecified atom stereocenters. The fourth-order valence-corrected chi connectivity index (χ4v) is 6.82. The number of benzene rings is 3.